The van der Waals surface area contributed by atoms with Crippen molar-refractivity contribution in [2.75, 3.05) is 0 Å². The molecule has 21 heavy (non-hydrogen) atoms. The molecule has 0 aliphatic rings. The predicted molar refractivity (Wildman–Crippen MR) is 76.5 cm³/mol. The first kappa shape index (κ1) is 15.1. The van der Waals surface area contributed by atoms with E-state index in [9.17, 15) is 19.8 Å². The van der Waals surface area contributed by atoms with Gasteiger partial charge in [-0.3, -0.25) is 4.57 Å². The highest BCUT2D eigenvalue weighted by Gasteiger charge is 2.22. The lowest BCUT2D eigenvalue weighted by molar-refractivity contribution is 0.0543. The summed E-state index contributed by atoms with van der Waals surface area (Å²) in [5, 5.41) is 19.0. The smallest absolute Gasteiger partial charge is 0.419 e. The van der Waals surface area contributed by atoms with Crippen LogP contribution in [-0.4, -0.2) is 32.4 Å². The number of benzene rings is 1. The topological polar surface area (TPSA) is 88.8 Å². The fourth-order valence-corrected chi connectivity index (χ4v) is 2.13. The molecule has 0 fully saturated rings. The number of carboxylic acid groups (broad SMARTS) is 1. The van der Waals surface area contributed by atoms with Crippen LogP contribution < -0.4 is 0 Å². The minimum Gasteiger partial charge on any atom is -0.478 e. The van der Waals surface area contributed by atoms with E-state index < -0.39 is 17.7 Å². The fourth-order valence-electron chi connectivity index (χ4n) is 2.13. The van der Waals surface area contributed by atoms with Gasteiger partial charge < -0.3 is 14.9 Å². The number of hydrogen-bond acceptors (Lipinski definition) is 4. The van der Waals surface area contributed by atoms with Crippen LogP contribution in [0.1, 0.15) is 36.7 Å². The van der Waals surface area contributed by atoms with E-state index in [1.165, 1.54) is 16.8 Å². The summed E-state index contributed by atoms with van der Waals surface area (Å²) in [6.45, 7) is 4.86. The molecule has 0 unspecified atom stereocenters. The number of aromatic carboxylic acids is 1. The first-order valence-electron chi connectivity index (χ1n) is 6.45. The van der Waals surface area contributed by atoms with E-state index in [4.69, 9.17) is 4.74 Å². The second-order valence-electron chi connectivity index (χ2n) is 5.67. The maximum Gasteiger partial charge on any atom is 0.419 e. The average molecular weight is 291 g/mol. The molecule has 2 N–H and O–H groups in total. The molecule has 1 aromatic heterocycles. The van der Waals surface area contributed by atoms with E-state index in [2.05, 4.69) is 0 Å². The van der Waals surface area contributed by atoms with E-state index in [1.807, 2.05) is 0 Å². The van der Waals surface area contributed by atoms with Crippen molar-refractivity contribution in [2.24, 2.45) is 0 Å². The molecule has 0 bridgehead atoms. The fraction of sp³-hybridized carbons (Fsp3) is 0.333. The van der Waals surface area contributed by atoms with Gasteiger partial charge in [0.15, 0.2) is 0 Å². The maximum absolute atomic E-state index is 12.2. The highest BCUT2D eigenvalue weighted by molar-refractivity contribution is 6.06. The van der Waals surface area contributed by atoms with Crippen LogP contribution in [0.5, 0.6) is 0 Å². The molecule has 0 amide bonds. The molecule has 1 aromatic carbocycles. The van der Waals surface area contributed by atoms with Crippen molar-refractivity contribution >= 4 is 23.0 Å². The highest BCUT2D eigenvalue weighted by atomic mass is 16.6. The lowest BCUT2D eigenvalue weighted by Gasteiger charge is -2.19. The molecule has 6 heteroatoms. The molecular formula is C15H17NO5. The predicted octanol–water partition coefficient (Wildman–Crippen LogP) is 2.62. The Balaban J connectivity index is 2.64. The van der Waals surface area contributed by atoms with Crippen molar-refractivity contribution in [3.8, 4) is 0 Å². The standard InChI is InChI=1S/C15H17NO5/c1-15(2,3)21-14(20)16-7-9(8-17)12-10(13(18)19)5-4-6-11(12)16/h4-7,17H,8H2,1-3H3,(H,18,19). The lowest BCUT2D eigenvalue weighted by Crippen LogP contribution is -2.26. The van der Waals surface area contributed by atoms with Gasteiger partial charge in [-0.2, -0.15) is 0 Å². The number of aliphatic hydroxyl groups excluding tert-OH is 1. The van der Waals surface area contributed by atoms with Crippen LogP contribution >= 0.6 is 0 Å². The zero-order chi connectivity index (χ0) is 15.8. The molecule has 2 aromatic rings. The average Bonchev–Trinajstić information content (AvgIpc) is 2.75. The molecule has 0 saturated carbocycles. The van der Waals surface area contributed by atoms with Crippen molar-refractivity contribution in [3.63, 3.8) is 0 Å². The summed E-state index contributed by atoms with van der Waals surface area (Å²) in [7, 11) is 0. The maximum atomic E-state index is 12.2. The third-order valence-corrected chi connectivity index (χ3v) is 2.90. The van der Waals surface area contributed by atoms with Crippen LogP contribution in [0.15, 0.2) is 24.4 Å². The number of carbonyl (C=O) groups is 2. The van der Waals surface area contributed by atoms with Crippen LogP contribution in [0.2, 0.25) is 0 Å². The minimum atomic E-state index is -1.11. The molecule has 0 atom stereocenters. The van der Waals surface area contributed by atoms with Crippen molar-refractivity contribution in [1.29, 1.82) is 0 Å². The second kappa shape index (κ2) is 5.21. The van der Waals surface area contributed by atoms with Crippen molar-refractivity contribution in [2.45, 2.75) is 33.0 Å². The van der Waals surface area contributed by atoms with Gasteiger partial charge >= 0.3 is 12.1 Å². The normalized spacial score (nSPS) is 11.6. The van der Waals surface area contributed by atoms with Crippen LogP contribution in [0.25, 0.3) is 10.9 Å². The summed E-state index contributed by atoms with van der Waals surface area (Å²) in [4.78, 5) is 23.5. The minimum absolute atomic E-state index is 0.0406. The summed E-state index contributed by atoms with van der Waals surface area (Å²) in [6.07, 6.45) is 0.792. The van der Waals surface area contributed by atoms with Crippen LogP contribution in [0, 0.1) is 0 Å². The van der Waals surface area contributed by atoms with E-state index in [1.54, 1.807) is 32.9 Å². The first-order chi connectivity index (χ1) is 9.74. The molecular weight excluding hydrogens is 274 g/mol. The lowest BCUT2D eigenvalue weighted by atomic mass is 10.1. The molecule has 6 nitrogen and oxygen atoms in total. The Morgan fingerprint density at radius 1 is 1.29 bits per heavy atom. The van der Waals surface area contributed by atoms with Gasteiger partial charge in [-0.25, -0.2) is 9.59 Å². The SMILES string of the molecule is CC(C)(C)OC(=O)n1cc(CO)c2c(C(=O)O)cccc21. The van der Waals surface area contributed by atoms with Gasteiger partial charge in [0, 0.05) is 17.1 Å². The number of ether oxygens (including phenoxy) is 1. The second-order valence-corrected chi connectivity index (χ2v) is 5.67. The molecule has 0 aliphatic carbocycles. The van der Waals surface area contributed by atoms with Gasteiger partial charge in [0.1, 0.15) is 5.60 Å². The van der Waals surface area contributed by atoms with Crippen LogP contribution in [0.4, 0.5) is 4.79 Å². The molecule has 0 saturated heterocycles. The van der Waals surface area contributed by atoms with Gasteiger partial charge in [0.25, 0.3) is 0 Å². The molecule has 112 valence electrons. The third-order valence-electron chi connectivity index (χ3n) is 2.90. The summed E-state index contributed by atoms with van der Waals surface area (Å²) >= 11 is 0. The molecule has 0 spiro atoms. The van der Waals surface area contributed by atoms with Crippen molar-refractivity contribution in [3.05, 3.63) is 35.5 Å². The number of fused-ring (bicyclic) bond motifs is 1. The highest BCUT2D eigenvalue weighted by Crippen LogP contribution is 2.26. The van der Waals surface area contributed by atoms with Crippen LogP contribution in [-0.2, 0) is 11.3 Å². The van der Waals surface area contributed by atoms with Crippen LogP contribution in [0.3, 0.4) is 0 Å². The Bertz CT molecular complexity index is 709. The summed E-state index contributed by atoms with van der Waals surface area (Å²) in [5.74, 6) is -1.11. The first-order valence-corrected chi connectivity index (χ1v) is 6.45. The van der Waals surface area contributed by atoms with Crippen molar-refractivity contribution < 1.29 is 24.5 Å². The van der Waals surface area contributed by atoms with E-state index in [0.717, 1.165) is 0 Å². The Kier molecular flexibility index (Phi) is 3.74. The quantitative estimate of drug-likeness (QED) is 0.887. The Morgan fingerprint density at radius 2 is 1.95 bits per heavy atom. The zero-order valence-corrected chi connectivity index (χ0v) is 12.1. The zero-order valence-electron chi connectivity index (χ0n) is 12.1. The van der Waals surface area contributed by atoms with E-state index in [0.29, 0.717) is 16.5 Å². The van der Waals surface area contributed by atoms with Gasteiger partial charge in [-0.1, -0.05) is 6.07 Å². The number of aliphatic hydroxyl groups is 1. The summed E-state index contributed by atoms with van der Waals surface area (Å²) < 4.78 is 6.51. The van der Waals surface area contributed by atoms with Crippen molar-refractivity contribution in [1.82, 2.24) is 4.57 Å². The Labute approximate surface area is 121 Å². The Morgan fingerprint density at radius 3 is 2.48 bits per heavy atom. The van der Waals surface area contributed by atoms with Gasteiger partial charge in [-0.05, 0) is 32.9 Å². The monoisotopic (exact) mass is 291 g/mol. The third kappa shape index (κ3) is 2.90. The van der Waals surface area contributed by atoms with Gasteiger partial charge in [-0.15, -0.1) is 0 Å². The Hall–Kier alpha value is -2.34. The largest absolute Gasteiger partial charge is 0.478 e. The van der Waals surface area contributed by atoms with E-state index >= 15 is 0 Å². The molecule has 1 heterocycles. The number of hydrogen-bond donors (Lipinski definition) is 2. The van der Waals surface area contributed by atoms with E-state index in [-0.39, 0.29) is 12.2 Å². The van der Waals surface area contributed by atoms with Gasteiger partial charge in [0.2, 0.25) is 0 Å². The van der Waals surface area contributed by atoms with Gasteiger partial charge in [0.05, 0.1) is 17.7 Å². The number of rotatable bonds is 2. The number of carbonyl (C=O) groups excluding carboxylic acids is 1. The number of aromatic nitrogens is 1. The summed E-state index contributed by atoms with van der Waals surface area (Å²) in [5.41, 5.74) is 0.137. The molecule has 0 radical (unpaired) electrons. The molecule has 2 rings (SSSR count). The molecule has 0 aliphatic heterocycles. The number of nitrogens with zero attached hydrogens (tertiary/aromatic N) is 1. The summed E-state index contributed by atoms with van der Waals surface area (Å²) in [6, 6.07) is 4.60. The number of carboxylic acids is 1.